The first-order valence-electron chi connectivity index (χ1n) is 7.78. The van der Waals surface area contributed by atoms with Crippen LogP contribution in [-0.4, -0.2) is 21.7 Å². The normalized spacial score (nSPS) is 15.9. The summed E-state index contributed by atoms with van der Waals surface area (Å²) in [4.78, 5) is 12.1. The number of benzene rings is 1. The van der Waals surface area contributed by atoms with E-state index in [1.165, 1.54) is 31.0 Å². The second-order valence-electron chi connectivity index (χ2n) is 5.82. The average Bonchev–Trinajstić information content (AvgIpc) is 3.03. The number of ketones is 1. The molecule has 1 fully saturated rings. The highest BCUT2D eigenvalue weighted by Crippen LogP contribution is 2.32. The smallest absolute Gasteiger partial charge is 0.277 e. The molecule has 0 aliphatic heterocycles. The molecule has 1 aromatic carbocycles. The van der Waals surface area contributed by atoms with Crippen LogP contribution in [0.5, 0.6) is 0 Å². The molecule has 2 aromatic rings. The average molecular weight is 316 g/mol. The Morgan fingerprint density at radius 2 is 1.91 bits per heavy atom. The minimum absolute atomic E-state index is 0.0856. The largest absolute Gasteiger partial charge is 0.416 e. The first kappa shape index (κ1) is 15.3. The summed E-state index contributed by atoms with van der Waals surface area (Å²) in [7, 11) is 0. The molecular formula is C17H20N2O2S. The number of Topliss-reactive ketones (excluding diaryl/α,β-unsaturated/α-hetero) is 1. The predicted molar refractivity (Wildman–Crippen MR) is 86.4 cm³/mol. The first-order valence-corrected chi connectivity index (χ1v) is 8.77. The van der Waals surface area contributed by atoms with E-state index < -0.39 is 0 Å². The summed E-state index contributed by atoms with van der Waals surface area (Å²) in [5.74, 6) is 1.56. The molecule has 1 saturated carbocycles. The summed E-state index contributed by atoms with van der Waals surface area (Å²) >= 11 is 1.32. The van der Waals surface area contributed by atoms with Crippen molar-refractivity contribution in [3.8, 4) is 0 Å². The van der Waals surface area contributed by atoms with Crippen molar-refractivity contribution in [3.63, 3.8) is 0 Å². The number of hydrogen-bond donors (Lipinski definition) is 0. The van der Waals surface area contributed by atoms with Crippen molar-refractivity contribution in [1.29, 1.82) is 0 Å². The third-order valence-electron chi connectivity index (χ3n) is 4.08. The van der Waals surface area contributed by atoms with Gasteiger partial charge in [0.25, 0.3) is 5.22 Å². The van der Waals surface area contributed by atoms with Crippen LogP contribution < -0.4 is 0 Å². The van der Waals surface area contributed by atoms with Gasteiger partial charge < -0.3 is 4.42 Å². The molecule has 116 valence electrons. The summed E-state index contributed by atoms with van der Waals surface area (Å²) in [5, 5.41) is 8.72. The van der Waals surface area contributed by atoms with Crippen LogP contribution in [0.15, 0.2) is 33.9 Å². The zero-order chi connectivity index (χ0) is 15.4. The van der Waals surface area contributed by atoms with Gasteiger partial charge in [-0.2, -0.15) is 0 Å². The van der Waals surface area contributed by atoms with Gasteiger partial charge in [-0.25, -0.2) is 0 Å². The first-order chi connectivity index (χ1) is 10.7. The second kappa shape index (κ2) is 7.09. The van der Waals surface area contributed by atoms with Gasteiger partial charge >= 0.3 is 0 Å². The number of thioether (sulfide) groups is 1. The van der Waals surface area contributed by atoms with E-state index in [0.717, 1.165) is 29.9 Å². The second-order valence-corrected chi connectivity index (χ2v) is 6.75. The van der Waals surface area contributed by atoms with Crippen LogP contribution in [0.2, 0.25) is 0 Å². The van der Waals surface area contributed by atoms with Gasteiger partial charge in [-0.05, 0) is 19.8 Å². The molecule has 1 aliphatic rings. The van der Waals surface area contributed by atoms with E-state index >= 15 is 0 Å². The van der Waals surface area contributed by atoms with Crippen LogP contribution in [0, 0.1) is 6.92 Å². The van der Waals surface area contributed by atoms with Crippen molar-refractivity contribution in [1.82, 2.24) is 10.2 Å². The topological polar surface area (TPSA) is 56.0 Å². The lowest BCUT2D eigenvalue weighted by Gasteiger charge is -2.17. The summed E-state index contributed by atoms with van der Waals surface area (Å²) in [6, 6.07) is 7.62. The maximum Gasteiger partial charge on any atom is 0.277 e. The van der Waals surface area contributed by atoms with Crippen LogP contribution in [-0.2, 0) is 0 Å². The summed E-state index contributed by atoms with van der Waals surface area (Å²) in [6.07, 6.45) is 6.04. The minimum Gasteiger partial charge on any atom is -0.416 e. The molecule has 4 nitrogen and oxygen atoms in total. The molecule has 0 saturated heterocycles. The van der Waals surface area contributed by atoms with Crippen LogP contribution in [0.25, 0.3) is 0 Å². The predicted octanol–water partition coefficient (Wildman–Crippen LogP) is 4.40. The monoisotopic (exact) mass is 316 g/mol. The third kappa shape index (κ3) is 3.77. The fourth-order valence-electron chi connectivity index (χ4n) is 2.74. The van der Waals surface area contributed by atoms with E-state index in [2.05, 4.69) is 10.2 Å². The van der Waals surface area contributed by atoms with Crippen molar-refractivity contribution in [3.05, 3.63) is 41.3 Å². The Bertz CT molecular complexity index is 630. The van der Waals surface area contributed by atoms with Crippen LogP contribution >= 0.6 is 11.8 Å². The molecule has 3 rings (SSSR count). The van der Waals surface area contributed by atoms with Crippen LogP contribution in [0.3, 0.4) is 0 Å². The molecule has 5 heteroatoms. The Kier molecular flexibility index (Phi) is 4.93. The fourth-order valence-corrected chi connectivity index (χ4v) is 3.41. The lowest BCUT2D eigenvalue weighted by molar-refractivity contribution is 0.102. The van der Waals surface area contributed by atoms with E-state index in [0.29, 0.717) is 16.9 Å². The molecule has 1 heterocycles. The van der Waals surface area contributed by atoms with Crippen molar-refractivity contribution in [2.45, 2.75) is 50.2 Å². The molecule has 0 N–H and O–H groups in total. The lowest BCUT2D eigenvalue weighted by atomic mass is 9.89. The number of rotatable bonds is 5. The van der Waals surface area contributed by atoms with Gasteiger partial charge in [0.15, 0.2) is 5.78 Å². The molecule has 1 aromatic heterocycles. The molecule has 22 heavy (non-hydrogen) atoms. The molecule has 0 spiro atoms. The number of hydrogen-bond acceptors (Lipinski definition) is 5. The molecule has 0 unspecified atom stereocenters. The molecule has 0 radical (unpaired) electrons. The Morgan fingerprint density at radius 1 is 1.18 bits per heavy atom. The van der Waals surface area contributed by atoms with Crippen molar-refractivity contribution in [2.24, 2.45) is 0 Å². The summed E-state index contributed by atoms with van der Waals surface area (Å²) in [6.45, 7) is 2.01. The van der Waals surface area contributed by atoms with E-state index in [1.54, 1.807) is 0 Å². The Morgan fingerprint density at radius 3 is 2.64 bits per heavy atom. The van der Waals surface area contributed by atoms with Gasteiger partial charge in [-0.15, -0.1) is 10.2 Å². The quantitative estimate of drug-likeness (QED) is 0.604. The number of aromatic nitrogens is 2. The zero-order valence-corrected chi connectivity index (χ0v) is 13.6. The maximum absolute atomic E-state index is 12.1. The number of carbonyl (C=O) groups excluding carboxylic acids is 1. The fraction of sp³-hybridized carbons (Fsp3) is 0.471. The summed E-state index contributed by atoms with van der Waals surface area (Å²) < 4.78 is 5.72. The van der Waals surface area contributed by atoms with Crippen molar-refractivity contribution in [2.75, 3.05) is 5.75 Å². The van der Waals surface area contributed by atoms with Crippen molar-refractivity contribution >= 4 is 17.5 Å². The van der Waals surface area contributed by atoms with Gasteiger partial charge in [-0.3, -0.25) is 4.79 Å². The highest BCUT2D eigenvalue weighted by molar-refractivity contribution is 7.99. The number of nitrogens with zero attached hydrogens (tertiary/aromatic N) is 2. The van der Waals surface area contributed by atoms with Crippen LogP contribution in [0.4, 0.5) is 0 Å². The minimum atomic E-state index is 0.0856. The van der Waals surface area contributed by atoms with Gasteiger partial charge in [0.1, 0.15) is 0 Å². The SMILES string of the molecule is Cc1ccc(C(=O)CSc2nnc(C3CCCCC3)o2)cc1. The van der Waals surface area contributed by atoms with Gasteiger partial charge in [0.05, 0.1) is 5.75 Å². The van der Waals surface area contributed by atoms with E-state index in [9.17, 15) is 4.79 Å². The van der Waals surface area contributed by atoms with E-state index in [1.807, 2.05) is 31.2 Å². The molecular weight excluding hydrogens is 296 g/mol. The van der Waals surface area contributed by atoms with Gasteiger partial charge in [0.2, 0.25) is 5.89 Å². The standard InChI is InChI=1S/C17H20N2O2S/c1-12-7-9-13(10-8-12)15(20)11-22-17-19-18-16(21-17)14-5-3-2-4-6-14/h7-10,14H,2-6,11H2,1H3. The van der Waals surface area contributed by atoms with Gasteiger partial charge in [-0.1, -0.05) is 60.9 Å². The third-order valence-corrected chi connectivity index (χ3v) is 4.90. The van der Waals surface area contributed by atoms with E-state index in [4.69, 9.17) is 4.42 Å². The molecule has 0 atom stereocenters. The van der Waals surface area contributed by atoms with Crippen LogP contribution in [0.1, 0.15) is 59.8 Å². The molecule has 1 aliphatic carbocycles. The number of carbonyl (C=O) groups is 1. The van der Waals surface area contributed by atoms with E-state index in [-0.39, 0.29) is 5.78 Å². The zero-order valence-electron chi connectivity index (χ0n) is 12.7. The Labute approximate surface area is 134 Å². The highest BCUT2D eigenvalue weighted by atomic mass is 32.2. The maximum atomic E-state index is 12.1. The number of aryl methyl sites for hydroxylation is 1. The molecule has 0 amide bonds. The Balaban J connectivity index is 1.56. The van der Waals surface area contributed by atoms with Gasteiger partial charge in [0, 0.05) is 11.5 Å². The van der Waals surface area contributed by atoms with Crippen molar-refractivity contribution < 1.29 is 9.21 Å². The Hall–Kier alpha value is -1.62. The molecule has 0 bridgehead atoms. The highest BCUT2D eigenvalue weighted by Gasteiger charge is 2.21. The lowest BCUT2D eigenvalue weighted by Crippen LogP contribution is -2.04. The summed E-state index contributed by atoms with van der Waals surface area (Å²) in [5.41, 5.74) is 1.88.